The molecule has 18 heavy (non-hydrogen) atoms. The molecule has 0 aliphatic rings. The second kappa shape index (κ2) is 6.58. The first kappa shape index (κ1) is 13.9. The molecular weight excluding hydrogens is 240 g/mol. The largest absolute Gasteiger partial charge is 0.476 e. The van der Waals surface area contributed by atoms with Gasteiger partial charge in [-0.1, -0.05) is 19.1 Å². The Morgan fingerprint density at radius 1 is 1.56 bits per heavy atom. The molecule has 1 aromatic rings. The standard InChI is InChI=1S/C10H16N4O4/c1-7(2)6-18-10(17)11-3-4-14-5-8(9(15)16)12-13-14/h5,7H,3-4,6H2,1-2H3,(H,11,17)(H,15,16). The van der Waals surface area contributed by atoms with Gasteiger partial charge in [-0.15, -0.1) is 5.10 Å². The first-order chi connectivity index (χ1) is 8.49. The molecule has 0 atom stereocenters. The van der Waals surface area contributed by atoms with Crippen LogP contribution in [0.3, 0.4) is 0 Å². The number of nitrogens with one attached hydrogen (secondary N) is 1. The third kappa shape index (κ3) is 4.81. The Bertz CT molecular complexity index is 416. The molecule has 0 aromatic carbocycles. The molecule has 0 spiro atoms. The van der Waals surface area contributed by atoms with Crippen molar-refractivity contribution in [1.82, 2.24) is 20.3 Å². The lowest BCUT2D eigenvalue weighted by molar-refractivity contribution is 0.0690. The van der Waals surface area contributed by atoms with Crippen LogP contribution in [0.15, 0.2) is 6.20 Å². The maximum absolute atomic E-state index is 11.2. The van der Waals surface area contributed by atoms with E-state index in [4.69, 9.17) is 9.84 Å². The molecule has 8 nitrogen and oxygen atoms in total. The number of hydrogen-bond donors (Lipinski definition) is 2. The number of carbonyl (C=O) groups is 2. The van der Waals surface area contributed by atoms with Gasteiger partial charge < -0.3 is 15.2 Å². The average Bonchev–Trinajstić information content (AvgIpc) is 2.75. The number of hydrogen-bond acceptors (Lipinski definition) is 5. The van der Waals surface area contributed by atoms with E-state index in [0.717, 1.165) is 0 Å². The van der Waals surface area contributed by atoms with Crippen LogP contribution in [0.5, 0.6) is 0 Å². The molecule has 0 radical (unpaired) electrons. The molecule has 100 valence electrons. The smallest absolute Gasteiger partial charge is 0.407 e. The van der Waals surface area contributed by atoms with Crippen LogP contribution in [0.1, 0.15) is 24.3 Å². The van der Waals surface area contributed by atoms with Gasteiger partial charge in [-0.2, -0.15) is 0 Å². The van der Waals surface area contributed by atoms with Crippen molar-refractivity contribution in [2.45, 2.75) is 20.4 Å². The summed E-state index contributed by atoms with van der Waals surface area (Å²) in [4.78, 5) is 21.7. The first-order valence-electron chi connectivity index (χ1n) is 5.53. The molecule has 0 aliphatic carbocycles. The third-order valence-corrected chi connectivity index (χ3v) is 1.92. The number of carboxylic acids is 1. The molecule has 0 aliphatic heterocycles. The Morgan fingerprint density at radius 2 is 2.28 bits per heavy atom. The number of amides is 1. The second-order valence-corrected chi connectivity index (χ2v) is 4.09. The Hall–Kier alpha value is -2.12. The number of ether oxygens (including phenoxy) is 1. The summed E-state index contributed by atoms with van der Waals surface area (Å²) in [5.74, 6) is -0.852. The lowest BCUT2D eigenvalue weighted by Gasteiger charge is -2.08. The van der Waals surface area contributed by atoms with E-state index in [1.807, 2.05) is 13.8 Å². The quantitative estimate of drug-likeness (QED) is 0.761. The Balaban J connectivity index is 2.24. The molecule has 1 aromatic heterocycles. The first-order valence-corrected chi connectivity index (χ1v) is 5.53. The lowest BCUT2D eigenvalue weighted by atomic mass is 10.2. The highest BCUT2D eigenvalue weighted by Crippen LogP contribution is 1.93. The number of nitrogens with zero attached hydrogens (tertiary/aromatic N) is 3. The maximum Gasteiger partial charge on any atom is 0.407 e. The molecule has 0 unspecified atom stereocenters. The highest BCUT2D eigenvalue weighted by Gasteiger charge is 2.08. The summed E-state index contributed by atoms with van der Waals surface area (Å²) < 4.78 is 6.23. The summed E-state index contributed by atoms with van der Waals surface area (Å²) >= 11 is 0. The van der Waals surface area contributed by atoms with Crippen molar-refractivity contribution >= 4 is 12.1 Å². The molecule has 1 amide bonds. The van der Waals surface area contributed by atoms with Crippen molar-refractivity contribution in [3.63, 3.8) is 0 Å². The minimum absolute atomic E-state index is 0.127. The van der Waals surface area contributed by atoms with E-state index in [0.29, 0.717) is 19.7 Å². The summed E-state index contributed by atoms with van der Waals surface area (Å²) in [6.45, 7) is 4.86. The van der Waals surface area contributed by atoms with Gasteiger partial charge in [-0.3, -0.25) is 0 Å². The molecule has 0 bridgehead atoms. The summed E-state index contributed by atoms with van der Waals surface area (Å²) in [5.41, 5.74) is -0.127. The van der Waals surface area contributed by atoms with Crippen LogP contribution < -0.4 is 5.32 Å². The number of alkyl carbamates (subject to hydrolysis) is 1. The average molecular weight is 256 g/mol. The van der Waals surface area contributed by atoms with Crippen LogP contribution in [0.25, 0.3) is 0 Å². The third-order valence-electron chi connectivity index (χ3n) is 1.92. The maximum atomic E-state index is 11.2. The molecule has 0 saturated carbocycles. The Morgan fingerprint density at radius 3 is 2.83 bits per heavy atom. The van der Waals surface area contributed by atoms with Crippen LogP contribution in [-0.4, -0.2) is 45.3 Å². The topological polar surface area (TPSA) is 106 Å². The van der Waals surface area contributed by atoms with Crippen molar-refractivity contribution in [2.24, 2.45) is 5.92 Å². The van der Waals surface area contributed by atoms with Crippen LogP contribution in [0.4, 0.5) is 4.79 Å². The van der Waals surface area contributed by atoms with Gasteiger partial charge in [0.1, 0.15) is 0 Å². The molecule has 0 saturated heterocycles. The predicted molar refractivity (Wildman–Crippen MR) is 61.2 cm³/mol. The fourth-order valence-corrected chi connectivity index (χ4v) is 1.07. The summed E-state index contributed by atoms with van der Waals surface area (Å²) in [5, 5.41) is 18.2. The molecule has 8 heteroatoms. The minimum Gasteiger partial charge on any atom is -0.476 e. The van der Waals surface area contributed by atoms with Crippen molar-refractivity contribution in [3.05, 3.63) is 11.9 Å². The highest BCUT2D eigenvalue weighted by molar-refractivity contribution is 5.84. The second-order valence-electron chi connectivity index (χ2n) is 4.09. The highest BCUT2D eigenvalue weighted by atomic mass is 16.5. The van der Waals surface area contributed by atoms with Gasteiger partial charge in [0.15, 0.2) is 5.69 Å². The van der Waals surface area contributed by atoms with Crippen LogP contribution in [0.2, 0.25) is 0 Å². The SMILES string of the molecule is CC(C)COC(=O)NCCn1cc(C(=O)O)nn1. The van der Waals surface area contributed by atoms with Crippen molar-refractivity contribution in [3.8, 4) is 0 Å². The predicted octanol–water partition coefficient (Wildman–Crippen LogP) is 0.358. The Kier molecular flexibility index (Phi) is 5.09. The zero-order valence-corrected chi connectivity index (χ0v) is 10.3. The number of rotatable bonds is 6. The fourth-order valence-electron chi connectivity index (χ4n) is 1.07. The molecule has 1 heterocycles. The van der Waals surface area contributed by atoms with E-state index < -0.39 is 12.1 Å². The monoisotopic (exact) mass is 256 g/mol. The van der Waals surface area contributed by atoms with Crippen molar-refractivity contribution < 1.29 is 19.4 Å². The van der Waals surface area contributed by atoms with Gasteiger partial charge in [0.25, 0.3) is 0 Å². The van der Waals surface area contributed by atoms with Gasteiger partial charge >= 0.3 is 12.1 Å². The molecule has 0 fully saturated rings. The summed E-state index contributed by atoms with van der Waals surface area (Å²) in [6.07, 6.45) is 0.797. The van der Waals surface area contributed by atoms with Gasteiger partial charge in [-0.25, -0.2) is 14.3 Å². The van der Waals surface area contributed by atoms with Crippen molar-refractivity contribution in [2.75, 3.05) is 13.2 Å². The minimum atomic E-state index is -1.13. The fraction of sp³-hybridized carbons (Fsp3) is 0.600. The van der Waals surface area contributed by atoms with Gasteiger partial charge in [0.05, 0.1) is 19.3 Å². The van der Waals surface area contributed by atoms with E-state index in [1.165, 1.54) is 10.9 Å². The zero-order chi connectivity index (χ0) is 13.5. The number of aromatic carboxylic acids is 1. The van der Waals surface area contributed by atoms with E-state index in [1.54, 1.807) is 0 Å². The normalized spacial score (nSPS) is 10.4. The van der Waals surface area contributed by atoms with E-state index in [9.17, 15) is 9.59 Å². The van der Waals surface area contributed by atoms with E-state index in [2.05, 4.69) is 15.6 Å². The number of aromatic nitrogens is 3. The van der Waals surface area contributed by atoms with Gasteiger partial charge in [-0.05, 0) is 5.92 Å². The van der Waals surface area contributed by atoms with E-state index >= 15 is 0 Å². The van der Waals surface area contributed by atoms with Gasteiger partial charge in [0.2, 0.25) is 0 Å². The van der Waals surface area contributed by atoms with E-state index in [-0.39, 0.29) is 11.6 Å². The van der Waals surface area contributed by atoms with Crippen molar-refractivity contribution in [1.29, 1.82) is 0 Å². The molecule has 1 rings (SSSR count). The van der Waals surface area contributed by atoms with Gasteiger partial charge in [0, 0.05) is 6.54 Å². The van der Waals surface area contributed by atoms with Crippen LogP contribution in [0, 0.1) is 5.92 Å². The van der Waals surface area contributed by atoms with Crippen LogP contribution >= 0.6 is 0 Å². The lowest BCUT2D eigenvalue weighted by Crippen LogP contribution is -2.29. The Labute approximate surface area is 104 Å². The summed E-state index contributed by atoms with van der Waals surface area (Å²) in [7, 11) is 0. The molecular formula is C10H16N4O4. The number of carboxylic acid groups (broad SMARTS) is 1. The zero-order valence-electron chi connectivity index (χ0n) is 10.3. The molecule has 2 N–H and O–H groups in total. The van der Waals surface area contributed by atoms with Crippen LogP contribution in [-0.2, 0) is 11.3 Å². The summed E-state index contributed by atoms with van der Waals surface area (Å²) in [6, 6.07) is 0. The number of carbonyl (C=O) groups excluding carboxylic acids is 1.